The fraction of sp³-hybridized carbons (Fsp3) is 0.167. The van der Waals surface area contributed by atoms with E-state index < -0.39 is 15.8 Å². The van der Waals surface area contributed by atoms with Crippen molar-refractivity contribution in [2.24, 2.45) is 0 Å². The molecule has 4 nitrogen and oxygen atoms in total. The molecule has 0 spiro atoms. The third kappa shape index (κ3) is 3.88. The Balaban J connectivity index is 2.05. The first-order valence-electron chi connectivity index (χ1n) is 7.62. The Kier molecular flexibility index (Phi) is 4.87. The second kappa shape index (κ2) is 6.93. The maximum Gasteiger partial charge on any atom is 0.264 e. The van der Waals surface area contributed by atoms with Gasteiger partial charge in [-0.2, -0.15) is 0 Å². The van der Waals surface area contributed by atoms with Crippen LogP contribution in [-0.4, -0.2) is 13.4 Å². The molecule has 7 heteroatoms. The van der Waals surface area contributed by atoms with Crippen LogP contribution in [0, 0.1) is 19.7 Å². The number of halogens is 1. The van der Waals surface area contributed by atoms with Crippen molar-refractivity contribution >= 4 is 27.0 Å². The molecular formula is C18H17FN2O2S2. The molecule has 0 aliphatic carbocycles. The van der Waals surface area contributed by atoms with Gasteiger partial charge in [-0.05, 0) is 50.2 Å². The van der Waals surface area contributed by atoms with Crippen molar-refractivity contribution in [2.45, 2.75) is 25.3 Å². The molecule has 0 N–H and O–H groups in total. The first-order chi connectivity index (χ1) is 11.9. The normalized spacial score (nSPS) is 11.5. The molecule has 0 amide bonds. The third-order valence-electron chi connectivity index (χ3n) is 3.70. The Morgan fingerprint density at radius 1 is 1.04 bits per heavy atom. The number of anilines is 1. The fourth-order valence-electron chi connectivity index (χ4n) is 2.39. The molecule has 1 heterocycles. The molecule has 1 aromatic heterocycles. The minimum atomic E-state index is -3.80. The summed E-state index contributed by atoms with van der Waals surface area (Å²) in [5.41, 5.74) is 2.03. The number of aromatic nitrogens is 1. The molecule has 0 saturated heterocycles. The standard InChI is InChI=1S/C18H17FN2O2S2/c1-13-3-9-18(10-4-13)25(22,23)21(11-16-12-24-14(2)20-16)17-7-5-15(19)6-8-17/h3-10,12H,11H2,1-2H3. The molecule has 0 aliphatic rings. The summed E-state index contributed by atoms with van der Waals surface area (Å²) in [5.74, 6) is -0.416. The highest BCUT2D eigenvalue weighted by Crippen LogP contribution is 2.26. The minimum absolute atomic E-state index is 0.0895. The van der Waals surface area contributed by atoms with Crippen molar-refractivity contribution in [1.29, 1.82) is 0 Å². The number of rotatable bonds is 5. The number of sulfonamides is 1. The van der Waals surface area contributed by atoms with E-state index in [-0.39, 0.29) is 11.4 Å². The van der Waals surface area contributed by atoms with Gasteiger partial charge in [-0.25, -0.2) is 17.8 Å². The van der Waals surface area contributed by atoms with Crippen LogP contribution in [0.5, 0.6) is 0 Å². The van der Waals surface area contributed by atoms with Crippen molar-refractivity contribution in [3.63, 3.8) is 0 Å². The zero-order valence-electron chi connectivity index (χ0n) is 13.8. The molecule has 130 valence electrons. The van der Waals surface area contributed by atoms with Gasteiger partial charge in [-0.1, -0.05) is 17.7 Å². The second-order valence-corrected chi connectivity index (χ2v) is 8.58. The smallest absolute Gasteiger partial charge is 0.260 e. The zero-order chi connectivity index (χ0) is 18.0. The van der Waals surface area contributed by atoms with Crippen LogP contribution < -0.4 is 4.31 Å². The summed E-state index contributed by atoms with van der Waals surface area (Å²) in [7, 11) is -3.80. The van der Waals surface area contributed by atoms with Crippen LogP contribution in [0.1, 0.15) is 16.3 Å². The number of nitrogens with zero attached hydrogens (tertiary/aromatic N) is 2. The van der Waals surface area contributed by atoms with E-state index in [0.717, 1.165) is 10.6 Å². The average molecular weight is 376 g/mol. The van der Waals surface area contributed by atoms with E-state index in [1.165, 1.54) is 39.9 Å². The summed E-state index contributed by atoms with van der Waals surface area (Å²) in [6.45, 7) is 3.85. The van der Waals surface area contributed by atoms with Crippen molar-refractivity contribution in [1.82, 2.24) is 4.98 Å². The van der Waals surface area contributed by atoms with Crippen molar-refractivity contribution < 1.29 is 12.8 Å². The van der Waals surface area contributed by atoms with Gasteiger partial charge in [-0.3, -0.25) is 4.31 Å². The van der Waals surface area contributed by atoms with E-state index in [9.17, 15) is 12.8 Å². The minimum Gasteiger partial charge on any atom is -0.260 e. The lowest BCUT2D eigenvalue weighted by Crippen LogP contribution is -2.30. The molecule has 0 saturated carbocycles. The summed E-state index contributed by atoms with van der Waals surface area (Å²) in [4.78, 5) is 4.54. The molecule has 0 bridgehead atoms. The van der Waals surface area contributed by atoms with Gasteiger partial charge >= 0.3 is 0 Å². The summed E-state index contributed by atoms with van der Waals surface area (Å²) < 4.78 is 40.8. The van der Waals surface area contributed by atoms with Crippen molar-refractivity contribution in [3.05, 3.63) is 76.0 Å². The lowest BCUT2D eigenvalue weighted by Gasteiger charge is -2.24. The summed E-state index contributed by atoms with van der Waals surface area (Å²) in [6.07, 6.45) is 0. The Morgan fingerprint density at radius 2 is 1.68 bits per heavy atom. The van der Waals surface area contributed by atoms with Gasteiger partial charge in [0.15, 0.2) is 0 Å². The van der Waals surface area contributed by atoms with E-state index >= 15 is 0 Å². The lowest BCUT2D eigenvalue weighted by atomic mass is 10.2. The predicted octanol–water partition coefficient (Wildman–Crippen LogP) is 4.29. The topological polar surface area (TPSA) is 50.3 Å². The number of thiazole rings is 1. The Labute approximate surface area is 150 Å². The first-order valence-corrected chi connectivity index (χ1v) is 9.94. The summed E-state index contributed by atoms with van der Waals surface area (Å²) in [6, 6.07) is 12.1. The Bertz CT molecular complexity index is 965. The number of aryl methyl sites for hydroxylation is 2. The largest absolute Gasteiger partial charge is 0.264 e. The molecule has 2 aromatic carbocycles. The highest BCUT2D eigenvalue weighted by atomic mass is 32.2. The molecule has 3 rings (SSSR count). The lowest BCUT2D eigenvalue weighted by molar-refractivity contribution is 0.589. The maximum atomic E-state index is 13.3. The van der Waals surface area contributed by atoms with Crippen LogP contribution >= 0.6 is 11.3 Å². The quantitative estimate of drug-likeness (QED) is 0.667. The van der Waals surface area contributed by atoms with Gasteiger partial charge in [0.05, 0.1) is 27.8 Å². The highest BCUT2D eigenvalue weighted by Gasteiger charge is 2.26. The number of hydrogen-bond donors (Lipinski definition) is 0. The molecule has 3 aromatic rings. The molecule has 0 unspecified atom stereocenters. The summed E-state index contributed by atoms with van der Waals surface area (Å²) in [5, 5.41) is 2.69. The van der Waals surface area contributed by atoms with Crippen LogP contribution in [-0.2, 0) is 16.6 Å². The predicted molar refractivity (Wildman–Crippen MR) is 97.8 cm³/mol. The highest BCUT2D eigenvalue weighted by molar-refractivity contribution is 7.92. The molecule has 0 radical (unpaired) electrons. The number of hydrogen-bond acceptors (Lipinski definition) is 4. The number of benzene rings is 2. The average Bonchev–Trinajstić information content (AvgIpc) is 2.99. The van der Waals surface area contributed by atoms with Crippen LogP contribution in [0.25, 0.3) is 0 Å². The zero-order valence-corrected chi connectivity index (χ0v) is 15.4. The maximum absolute atomic E-state index is 13.3. The van der Waals surface area contributed by atoms with Gasteiger partial charge in [-0.15, -0.1) is 11.3 Å². The molecule has 25 heavy (non-hydrogen) atoms. The van der Waals surface area contributed by atoms with E-state index in [2.05, 4.69) is 4.98 Å². The van der Waals surface area contributed by atoms with E-state index in [4.69, 9.17) is 0 Å². The Hall–Kier alpha value is -2.25. The first kappa shape index (κ1) is 17.6. The monoisotopic (exact) mass is 376 g/mol. The summed E-state index contributed by atoms with van der Waals surface area (Å²) >= 11 is 1.46. The van der Waals surface area contributed by atoms with E-state index in [1.807, 2.05) is 19.2 Å². The van der Waals surface area contributed by atoms with Gasteiger partial charge in [0.1, 0.15) is 5.82 Å². The van der Waals surface area contributed by atoms with E-state index in [1.54, 1.807) is 24.3 Å². The van der Waals surface area contributed by atoms with Gasteiger partial charge in [0, 0.05) is 5.38 Å². The Morgan fingerprint density at radius 3 is 2.24 bits per heavy atom. The molecular weight excluding hydrogens is 359 g/mol. The van der Waals surface area contributed by atoms with Gasteiger partial charge < -0.3 is 0 Å². The molecule has 0 fully saturated rings. The van der Waals surface area contributed by atoms with Crippen molar-refractivity contribution in [2.75, 3.05) is 4.31 Å². The SMILES string of the molecule is Cc1ccc(S(=O)(=O)N(Cc2csc(C)n2)c2ccc(F)cc2)cc1. The van der Waals surface area contributed by atoms with Crippen LogP contribution in [0.15, 0.2) is 58.8 Å². The second-order valence-electron chi connectivity index (χ2n) is 5.66. The fourth-order valence-corrected chi connectivity index (χ4v) is 4.43. The van der Waals surface area contributed by atoms with E-state index in [0.29, 0.717) is 11.4 Å². The van der Waals surface area contributed by atoms with Crippen LogP contribution in [0.3, 0.4) is 0 Å². The van der Waals surface area contributed by atoms with Crippen LogP contribution in [0.4, 0.5) is 10.1 Å². The van der Waals surface area contributed by atoms with Gasteiger partial charge in [0.2, 0.25) is 0 Å². The van der Waals surface area contributed by atoms with Gasteiger partial charge in [0.25, 0.3) is 10.0 Å². The van der Waals surface area contributed by atoms with Crippen LogP contribution in [0.2, 0.25) is 0 Å². The molecule has 0 atom stereocenters. The third-order valence-corrected chi connectivity index (χ3v) is 6.31. The van der Waals surface area contributed by atoms with Crippen molar-refractivity contribution in [3.8, 4) is 0 Å². The molecule has 0 aliphatic heterocycles.